The molecule has 1 aromatic rings. The number of ether oxygens (including phenoxy) is 2. The van der Waals surface area contributed by atoms with Crippen molar-refractivity contribution in [3.63, 3.8) is 0 Å². The van der Waals surface area contributed by atoms with E-state index in [1.54, 1.807) is 0 Å². The third-order valence-electron chi connectivity index (χ3n) is 4.25. The number of thiazole rings is 1. The van der Waals surface area contributed by atoms with Gasteiger partial charge in [0.05, 0.1) is 17.9 Å². The van der Waals surface area contributed by atoms with Crippen LogP contribution >= 0.6 is 11.3 Å². The summed E-state index contributed by atoms with van der Waals surface area (Å²) in [5.41, 5.74) is 1.01. The van der Waals surface area contributed by atoms with Gasteiger partial charge in [-0.15, -0.1) is 11.3 Å². The van der Waals surface area contributed by atoms with Gasteiger partial charge in [-0.2, -0.15) is 0 Å². The monoisotopic (exact) mass is 339 g/mol. The minimum atomic E-state index is 0.0528. The van der Waals surface area contributed by atoms with Crippen molar-refractivity contribution >= 4 is 22.4 Å². The highest BCUT2D eigenvalue weighted by molar-refractivity contribution is 7.13. The van der Waals surface area contributed by atoms with Crippen molar-refractivity contribution in [1.29, 1.82) is 0 Å². The zero-order valence-electron chi connectivity index (χ0n) is 13.8. The van der Waals surface area contributed by atoms with Gasteiger partial charge in [-0.05, 0) is 26.7 Å². The van der Waals surface area contributed by atoms with E-state index in [9.17, 15) is 4.79 Å². The second-order valence-corrected chi connectivity index (χ2v) is 7.33. The highest BCUT2D eigenvalue weighted by Crippen LogP contribution is 2.22. The molecule has 128 valence electrons. The van der Waals surface area contributed by atoms with Crippen molar-refractivity contribution in [2.75, 3.05) is 31.6 Å². The third kappa shape index (κ3) is 4.73. The first-order valence-electron chi connectivity index (χ1n) is 8.31. The van der Waals surface area contributed by atoms with Crippen molar-refractivity contribution in [2.45, 2.75) is 45.4 Å². The number of hydrogen-bond donors (Lipinski definition) is 1. The fourth-order valence-corrected chi connectivity index (χ4v) is 3.95. The van der Waals surface area contributed by atoms with Crippen LogP contribution in [0, 0.1) is 5.92 Å². The molecule has 23 heavy (non-hydrogen) atoms. The Morgan fingerprint density at radius 1 is 1.35 bits per heavy atom. The van der Waals surface area contributed by atoms with Gasteiger partial charge in [0, 0.05) is 44.1 Å². The summed E-state index contributed by atoms with van der Waals surface area (Å²) in [5, 5.41) is 5.69. The number of amides is 1. The van der Waals surface area contributed by atoms with Crippen molar-refractivity contribution in [3.05, 3.63) is 11.1 Å². The zero-order valence-corrected chi connectivity index (χ0v) is 14.6. The van der Waals surface area contributed by atoms with Gasteiger partial charge in [0.2, 0.25) is 5.91 Å². The summed E-state index contributed by atoms with van der Waals surface area (Å²) < 4.78 is 11.0. The maximum Gasteiger partial charge on any atom is 0.229 e. The van der Waals surface area contributed by atoms with Gasteiger partial charge in [0.25, 0.3) is 0 Å². The summed E-state index contributed by atoms with van der Waals surface area (Å²) in [6, 6.07) is 0. The van der Waals surface area contributed by atoms with Gasteiger partial charge in [0.1, 0.15) is 0 Å². The van der Waals surface area contributed by atoms with E-state index in [4.69, 9.17) is 9.47 Å². The number of carbonyl (C=O) groups excluding carboxylic acids is 1. The van der Waals surface area contributed by atoms with Crippen LogP contribution in [0.3, 0.4) is 0 Å². The van der Waals surface area contributed by atoms with Crippen LogP contribution in [-0.2, 0) is 20.8 Å². The Labute approximate surface area is 141 Å². The molecule has 1 amide bonds. The number of nitrogens with one attached hydrogen (secondary N) is 1. The fraction of sp³-hybridized carbons (Fsp3) is 0.750. The molecule has 1 aromatic heterocycles. The molecule has 2 fully saturated rings. The molecule has 2 aliphatic heterocycles. The third-order valence-corrected chi connectivity index (χ3v) is 5.06. The molecular formula is C16H25N3O3S. The van der Waals surface area contributed by atoms with E-state index in [0.29, 0.717) is 18.3 Å². The zero-order chi connectivity index (χ0) is 16.2. The SMILES string of the molecule is C[C@H]1CN(Cc2csc(NC(=O)C3CCOCC3)n2)C[C@H](C)O1. The Balaban J connectivity index is 1.52. The Morgan fingerprint density at radius 2 is 2.04 bits per heavy atom. The maximum atomic E-state index is 12.2. The summed E-state index contributed by atoms with van der Waals surface area (Å²) in [6.07, 6.45) is 2.11. The maximum absolute atomic E-state index is 12.2. The largest absolute Gasteiger partial charge is 0.381 e. The summed E-state index contributed by atoms with van der Waals surface area (Å²) in [6.45, 7) is 8.20. The first-order valence-corrected chi connectivity index (χ1v) is 9.19. The van der Waals surface area contributed by atoms with Crippen LogP contribution in [-0.4, -0.2) is 54.3 Å². The molecule has 0 bridgehead atoms. The lowest BCUT2D eigenvalue weighted by molar-refractivity contribution is -0.122. The second kappa shape index (κ2) is 7.70. The van der Waals surface area contributed by atoms with Crippen molar-refractivity contribution in [3.8, 4) is 0 Å². The molecule has 0 radical (unpaired) electrons. The lowest BCUT2D eigenvalue weighted by Gasteiger charge is -2.34. The van der Waals surface area contributed by atoms with Crippen LogP contribution in [0.25, 0.3) is 0 Å². The number of anilines is 1. The standard InChI is InChI=1S/C16H25N3O3S/c1-11-7-19(8-12(2)22-11)9-14-10-23-16(17-14)18-15(20)13-3-5-21-6-4-13/h10-13H,3-9H2,1-2H3,(H,17,18,20)/t11-,12-/m0/s1. The Hall–Kier alpha value is -1.02. The van der Waals surface area contributed by atoms with Gasteiger partial charge in [-0.3, -0.25) is 9.69 Å². The number of nitrogens with zero attached hydrogens (tertiary/aromatic N) is 2. The topological polar surface area (TPSA) is 63.7 Å². The van der Waals surface area contributed by atoms with Crippen LogP contribution < -0.4 is 5.32 Å². The van der Waals surface area contributed by atoms with Crippen molar-refractivity contribution < 1.29 is 14.3 Å². The molecule has 3 rings (SSSR count). The van der Waals surface area contributed by atoms with Crippen LogP contribution in [0.2, 0.25) is 0 Å². The molecular weight excluding hydrogens is 314 g/mol. The molecule has 7 heteroatoms. The normalized spacial score (nSPS) is 27.0. The second-order valence-electron chi connectivity index (χ2n) is 6.47. The summed E-state index contributed by atoms with van der Waals surface area (Å²) in [7, 11) is 0. The molecule has 3 heterocycles. The number of rotatable bonds is 4. The number of carbonyl (C=O) groups is 1. The number of aromatic nitrogens is 1. The highest BCUT2D eigenvalue weighted by atomic mass is 32.1. The molecule has 0 aliphatic carbocycles. The van der Waals surface area contributed by atoms with E-state index in [-0.39, 0.29) is 24.0 Å². The predicted octanol–water partition coefficient (Wildman–Crippen LogP) is 2.12. The van der Waals surface area contributed by atoms with E-state index in [1.165, 1.54) is 11.3 Å². The molecule has 2 aliphatic rings. The van der Waals surface area contributed by atoms with Crippen molar-refractivity contribution in [1.82, 2.24) is 9.88 Å². The van der Waals surface area contributed by atoms with E-state index in [2.05, 4.69) is 29.0 Å². The van der Waals surface area contributed by atoms with Gasteiger partial charge in [-0.25, -0.2) is 4.98 Å². The summed E-state index contributed by atoms with van der Waals surface area (Å²) in [5.74, 6) is 0.125. The average Bonchev–Trinajstić information content (AvgIpc) is 2.94. The first-order chi connectivity index (χ1) is 11.1. The minimum absolute atomic E-state index is 0.0528. The Kier molecular flexibility index (Phi) is 5.63. The molecule has 0 aromatic carbocycles. The molecule has 1 N–H and O–H groups in total. The molecule has 2 saturated heterocycles. The lowest BCUT2D eigenvalue weighted by atomic mass is 10.00. The Bertz CT molecular complexity index is 520. The van der Waals surface area contributed by atoms with Crippen LogP contribution in [0.15, 0.2) is 5.38 Å². The van der Waals surface area contributed by atoms with Gasteiger partial charge < -0.3 is 14.8 Å². The van der Waals surface area contributed by atoms with Crippen LogP contribution in [0.4, 0.5) is 5.13 Å². The molecule has 6 nitrogen and oxygen atoms in total. The summed E-state index contributed by atoms with van der Waals surface area (Å²) in [4.78, 5) is 19.1. The molecule has 0 unspecified atom stereocenters. The lowest BCUT2D eigenvalue weighted by Crippen LogP contribution is -2.44. The minimum Gasteiger partial charge on any atom is -0.381 e. The average molecular weight is 339 g/mol. The van der Waals surface area contributed by atoms with Gasteiger partial charge >= 0.3 is 0 Å². The fourth-order valence-electron chi connectivity index (χ4n) is 3.25. The van der Waals surface area contributed by atoms with E-state index < -0.39 is 0 Å². The van der Waals surface area contributed by atoms with E-state index in [1.807, 2.05) is 5.38 Å². The molecule has 0 saturated carbocycles. The van der Waals surface area contributed by atoms with Crippen LogP contribution in [0.1, 0.15) is 32.4 Å². The first kappa shape index (κ1) is 16.8. The van der Waals surface area contributed by atoms with E-state index in [0.717, 1.165) is 38.2 Å². The smallest absolute Gasteiger partial charge is 0.229 e. The van der Waals surface area contributed by atoms with Crippen LogP contribution in [0.5, 0.6) is 0 Å². The molecule has 0 spiro atoms. The quantitative estimate of drug-likeness (QED) is 0.910. The predicted molar refractivity (Wildman–Crippen MR) is 89.6 cm³/mol. The van der Waals surface area contributed by atoms with Gasteiger partial charge in [0.15, 0.2) is 5.13 Å². The van der Waals surface area contributed by atoms with Gasteiger partial charge in [-0.1, -0.05) is 0 Å². The highest BCUT2D eigenvalue weighted by Gasteiger charge is 2.24. The molecule has 2 atom stereocenters. The van der Waals surface area contributed by atoms with Crippen molar-refractivity contribution in [2.24, 2.45) is 5.92 Å². The summed E-state index contributed by atoms with van der Waals surface area (Å²) >= 11 is 1.50. The Morgan fingerprint density at radius 3 is 2.74 bits per heavy atom. The van der Waals surface area contributed by atoms with E-state index >= 15 is 0 Å². The number of hydrogen-bond acceptors (Lipinski definition) is 6. The number of morpholine rings is 1.